The van der Waals surface area contributed by atoms with E-state index in [1.165, 1.54) is 23.0 Å². The van der Waals surface area contributed by atoms with Crippen LogP contribution in [0.4, 0.5) is 0 Å². The van der Waals surface area contributed by atoms with Gasteiger partial charge in [0.2, 0.25) is 0 Å². The second-order valence-corrected chi connectivity index (χ2v) is 5.77. The highest BCUT2D eigenvalue weighted by atomic mass is 32.1. The van der Waals surface area contributed by atoms with Gasteiger partial charge in [-0.25, -0.2) is 9.78 Å². The molecule has 5 heteroatoms. The van der Waals surface area contributed by atoms with Crippen molar-refractivity contribution in [3.05, 3.63) is 51.0 Å². The molecule has 2 rings (SSSR count). The highest BCUT2D eigenvalue weighted by molar-refractivity contribution is 7.09. The molecule has 0 spiro atoms. The summed E-state index contributed by atoms with van der Waals surface area (Å²) in [6, 6.07) is 4.14. The molecule has 0 amide bonds. The van der Waals surface area contributed by atoms with E-state index in [-0.39, 0.29) is 0 Å². The summed E-state index contributed by atoms with van der Waals surface area (Å²) in [6.07, 6.45) is 2.55. The van der Waals surface area contributed by atoms with Crippen molar-refractivity contribution in [3.63, 3.8) is 0 Å². The zero-order valence-electron chi connectivity index (χ0n) is 12.2. The van der Waals surface area contributed by atoms with Crippen LogP contribution < -0.4 is 4.74 Å². The highest BCUT2D eigenvalue weighted by Gasteiger charge is 2.06. The molecule has 1 aromatic heterocycles. The van der Waals surface area contributed by atoms with Gasteiger partial charge in [-0.15, -0.1) is 11.3 Å². The smallest absolute Gasteiger partial charge is 0.328 e. The third-order valence-corrected chi connectivity index (χ3v) is 3.92. The van der Waals surface area contributed by atoms with E-state index in [0.717, 1.165) is 28.0 Å². The van der Waals surface area contributed by atoms with Gasteiger partial charge in [-0.1, -0.05) is 6.07 Å². The van der Waals surface area contributed by atoms with Crippen LogP contribution in [0.5, 0.6) is 5.75 Å². The van der Waals surface area contributed by atoms with Crippen LogP contribution in [0, 0.1) is 20.8 Å². The number of carboxylic acids is 1. The van der Waals surface area contributed by atoms with E-state index in [2.05, 4.69) is 18.0 Å². The van der Waals surface area contributed by atoms with Crippen molar-refractivity contribution in [1.82, 2.24) is 4.98 Å². The van der Waals surface area contributed by atoms with Crippen LogP contribution in [0.3, 0.4) is 0 Å². The molecule has 1 heterocycles. The summed E-state index contributed by atoms with van der Waals surface area (Å²) < 4.78 is 5.83. The molecule has 0 saturated heterocycles. The van der Waals surface area contributed by atoms with Crippen LogP contribution >= 0.6 is 11.3 Å². The fourth-order valence-corrected chi connectivity index (χ4v) is 2.59. The van der Waals surface area contributed by atoms with E-state index in [0.29, 0.717) is 12.3 Å². The summed E-state index contributed by atoms with van der Waals surface area (Å²) >= 11 is 1.45. The fraction of sp³-hybridized carbons (Fsp3) is 0.250. The lowest BCUT2D eigenvalue weighted by Gasteiger charge is -2.11. The molecule has 2 aromatic rings. The minimum atomic E-state index is -0.980. The monoisotopic (exact) mass is 303 g/mol. The van der Waals surface area contributed by atoms with Crippen molar-refractivity contribution < 1.29 is 14.6 Å². The second kappa shape index (κ2) is 6.54. The van der Waals surface area contributed by atoms with Crippen molar-refractivity contribution >= 4 is 23.4 Å². The summed E-state index contributed by atoms with van der Waals surface area (Å²) in [4.78, 5) is 14.8. The lowest BCUT2D eigenvalue weighted by atomic mass is 10.1. The van der Waals surface area contributed by atoms with Crippen molar-refractivity contribution in [1.29, 1.82) is 0 Å². The Balaban J connectivity index is 2.05. The number of carboxylic acid groups (broad SMARTS) is 1. The summed E-state index contributed by atoms with van der Waals surface area (Å²) in [5.74, 6) is -0.114. The Morgan fingerprint density at radius 1 is 1.38 bits per heavy atom. The number of aliphatic carboxylic acids is 1. The van der Waals surface area contributed by atoms with Gasteiger partial charge in [0.25, 0.3) is 0 Å². The van der Waals surface area contributed by atoms with Gasteiger partial charge in [0.05, 0.1) is 5.69 Å². The Hall–Kier alpha value is -2.14. The van der Waals surface area contributed by atoms with Crippen molar-refractivity contribution in [2.24, 2.45) is 0 Å². The maximum atomic E-state index is 10.5. The molecule has 0 aliphatic carbocycles. The first kappa shape index (κ1) is 15.3. The van der Waals surface area contributed by atoms with E-state index < -0.39 is 5.97 Å². The van der Waals surface area contributed by atoms with E-state index in [1.54, 1.807) is 0 Å². The van der Waals surface area contributed by atoms with E-state index in [1.807, 2.05) is 25.3 Å². The van der Waals surface area contributed by atoms with Crippen LogP contribution in [0.25, 0.3) is 6.08 Å². The van der Waals surface area contributed by atoms with Gasteiger partial charge in [-0.05, 0) is 49.6 Å². The standard InChI is InChI=1S/C16H17NO3S/c1-10-6-11(2)12(3)14(7-10)20-8-15-17-13(9-21-15)4-5-16(18)19/h4-7,9H,8H2,1-3H3,(H,18,19)/b5-4+. The van der Waals surface area contributed by atoms with Gasteiger partial charge < -0.3 is 9.84 Å². The van der Waals surface area contributed by atoms with E-state index >= 15 is 0 Å². The second-order valence-electron chi connectivity index (χ2n) is 4.83. The van der Waals surface area contributed by atoms with Crippen LogP contribution in [-0.4, -0.2) is 16.1 Å². The third kappa shape index (κ3) is 4.16. The Bertz CT molecular complexity index is 689. The van der Waals surface area contributed by atoms with E-state index in [9.17, 15) is 4.79 Å². The quantitative estimate of drug-likeness (QED) is 0.855. The molecule has 110 valence electrons. The molecule has 0 radical (unpaired) electrons. The molecule has 4 nitrogen and oxygen atoms in total. The van der Waals surface area contributed by atoms with Crippen molar-refractivity contribution in [2.45, 2.75) is 27.4 Å². The average Bonchev–Trinajstić information content (AvgIpc) is 2.87. The highest BCUT2D eigenvalue weighted by Crippen LogP contribution is 2.24. The van der Waals surface area contributed by atoms with E-state index in [4.69, 9.17) is 9.84 Å². The van der Waals surface area contributed by atoms with Gasteiger partial charge in [-0.2, -0.15) is 0 Å². The first-order valence-electron chi connectivity index (χ1n) is 6.52. The summed E-state index contributed by atoms with van der Waals surface area (Å²) in [5.41, 5.74) is 4.13. The average molecular weight is 303 g/mol. The van der Waals surface area contributed by atoms with Gasteiger partial charge >= 0.3 is 5.97 Å². The molecule has 0 unspecified atom stereocenters. The summed E-state index contributed by atoms with van der Waals surface area (Å²) in [7, 11) is 0. The maximum Gasteiger partial charge on any atom is 0.328 e. The van der Waals surface area contributed by atoms with Gasteiger partial charge in [0, 0.05) is 11.5 Å². The molecule has 0 fully saturated rings. The molecular weight excluding hydrogens is 286 g/mol. The number of nitrogens with zero attached hydrogens (tertiary/aromatic N) is 1. The Morgan fingerprint density at radius 3 is 2.86 bits per heavy atom. The molecule has 0 atom stereocenters. The molecular formula is C16H17NO3S. The number of hydrogen-bond donors (Lipinski definition) is 1. The number of aryl methyl sites for hydroxylation is 2. The largest absolute Gasteiger partial charge is 0.486 e. The SMILES string of the molecule is Cc1cc(C)c(C)c(OCc2nc(/C=C/C(=O)O)cs2)c1. The zero-order valence-corrected chi connectivity index (χ0v) is 13.0. The number of carbonyl (C=O) groups is 1. The van der Waals surface area contributed by atoms with Crippen LogP contribution in [-0.2, 0) is 11.4 Å². The molecule has 0 bridgehead atoms. The number of hydrogen-bond acceptors (Lipinski definition) is 4. The zero-order chi connectivity index (χ0) is 15.4. The minimum absolute atomic E-state index is 0.384. The Morgan fingerprint density at radius 2 is 2.14 bits per heavy atom. The van der Waals surface area contributed by atoms with Crippen LogP contribution in [0.2, 0.25) is 0 Å². The molecule has 1 N–H and O–H groups in total. The number of benzene rings is 1. The maximum absolute atomic E-state index is 10.5. The number of thiazole rings is 1. The third-order valence-electron chi connectivity index (χ3n) is 3.08. The summed E-state index contributed by atoms with van der Waals surface area (Å²) in [6.45, 7) is 6.52. The first-order chi connectivity index (χ1) is 9.95. The molecule has 0 aliphatic rings. The minimum Gasteiger partial charge on any atom is -0.486 e. The first-order valence-corrected chi connectivity index (χ1v) is 7.39. The van der Waals surface area contributed by atoms with Crippen molar-refractivity contribution in [3.8, 4) is 5.75 Å². The van der Waals surface area contributed by atoms with Gasteiger partial charge in [0.15, 0.2) is 0 Å². The number of rotatable bonds is 5. The number of ether oxygens (including phenoxy) is 1. The predicted molar refractivity (Wildman–Crippen MR) is 83.8 cm³/mol. The molecule has 0 aliphatic heterocycles. The normalized spacial score (nSPS) is 11.0. The van der Waals surface area contributed by atoms with Crippen LogP contribution in [0.1, 0.15) is 27.4 Å². The number of aromatic nitrogens is 1. The van der Waals surface area contributed by atoms with Crippen LogP contribution in [0.15, 0.2) is 23.6 Å². The molecule has 21 heavy (non-hydrogen) atoms. The Kier molecular flexibility index (Phi) is 4.75. The van der Waals surface area contributed by atoms with Crippen molar-refractivity contribution in [2.75, 3.05) is 0 Å². The van der Waals surface area contributed by atoms with Gasteiger partial charge in [0.1, 0.15) is 17.4 Å². The van der Waals surface area contributed by atoms with Gasteiger partial charge in [-0.3, -0.25) is 0 Å². The Labute approximate surface area is 127 Å². The lowest BCUT2D eigenvalue weighted by molar-refractivity contribution is -0.131. The molecule has 1 aromatic carbocycles. The summed E-state index contributed by atoms with van der Waals surface area (Å²) in [5, 5.41) is 11.2. The predicted octanol–water partition coefficient (Wildman–Crippen LogP) is 3.75. The fourth-order valence-electron chi connectivity index (χ4n) is 1.91. The lowest BCUT2D eigenvalue weighted by Crippen LogP contribution is -1.98. The molecule has 0 saturated carbocycles. The topological polar surface area (TPSA) is 59.4 Å².